The lowest BCUT2D eigenvalue weighted by atomic mass is 10.1. The predicted molar refractivity (Wildman–Crippen MR) is 78.4 cm³/mol. The van der Waals surface area contributed by atoms with E-state index in [9.17, 15) is 4.79 Å². The van der Waals surface area contributed by atoms with E-state index < -0.39 is 0 Å². The molecule has 2 fully saturated rings. The van der Waals surface area contributed by atoms with Gasteiger partial charge in [-0.1, -0.05) is 0 Å². The van der Waals surface area contributed by atoms with Gasteiger partial charge in [-0.25, -0.2) is 4.68 Å². The number of hydrogen-bond donors (Lipinski definition) is 2. The SMILES string of the molecule is O=c1c(Br)c(NCC2CCNC2)cnn1CC1CC1. The second-order valence-corrected chi connectivity index (χ2v) is 6.34. The molecule has 1 aromatic rings. The summed E-state index contributed by atoms with van der Waals surface area (Å²) in [6, 6.07) is 0. The van der Waals surface area contributed by atoms with Crippen LogP contribution in [0.2, 0.25) is 0 Å². The van der Waals surface area contributed by atoms with E-state index in [-0.39, 0.29) is 5.56 Å². The van der Waals surface area contributed by atoms with Crippen LogP contribution < -0.4 is 16.2 Å². The predicted octanol–water partition coefficient (Wildman–Crippen LogP) is 1.44. The molecule has 19 heavy (non-hydrogen) atoms. The first-order valence-corrected chi connectivity index (χ1v) is 7.73. The molecule has 0 amide bonds. The van der Waals surface area contributed by atoms with E-state index in [4.69, 9.17) is 0 Å². The van der Waals surface area contributed by atoms with Crippen LogP contribution in [0, 0.1) is 11.8 Å². The van der Waals surface area contributed by atoms with Gasteiger partial charge in [-0.2, -0.15) is 5.10 Å². The Morgan fingerprint density at radius 2 is 2.26 bits per heavy atom. The molecule has 5 nitrogen and oxygen atoms in total. The highest BCUT2D eigenvalue weighted by Crippen LogP contribution is 2.30. The van der Waals surface area contributed by atoms with Gasteiger partial charge in [0.25, 0.3) is 5.56 Å². The third-order valence-electron chi connectivity index (χ3n) is 3.86. The minimum Gasteiger partial charge on any atom is -0.382 e. The highest BCUT2D eigenvalue weighted by Gasteiger charge is 2.23. The zero-order valence-electron chi connectivity index (χ0n) is 10.9. The maximum absolute atomic E-state index is 12.2. The number of nitrogens with zero attached hydrogens (tertiary/aromatic N) is 2. The molecule has 1 atom stereocenters. The number of aromatic nitrogens is 2. The fourth-order valence-electron chi connectivity index (χ4n) is 2.41. The molecule has 1 saturated carbocycles. The Hall–Kier alpha value is -0.880. The molecular formula is C13H19BrN4O. The normalized spacial score (nSPS) is 22.7. The Morgan fingerprint density at radius 1 is 1.42 bits per heavy atom. The smallest absolute Gasteiger partial charge is 0.283 e. The van der Waals surface area contributed by atoms with Crippen LogP contribution in [0.4, 0.5) is 5.69 Å². The van der Waals surface area contributed by atoms with Crippen molar-refractivity contribution in [3.8, 4) is 0 Å². The zero-order valence-corrected chi connectivity index (χ0v) is 12.4. The minimum atomic E-state index is -0.0264. The van der Waals surface area contributed by atoms with Gasteiger partial charge >= 0.3 is 0 Å². The average molecular weight is 327 g/mol. The lowest BCUT2D eigenvalue weighted by molar-refractivity contribution is 0.531. The van der Waals surface area contributed by atoms with Gasteiger partial charge in [-0.3, -0.25) is 4.79 Å². The summed E-state index contributed by atoms with van der Waals surface area (Å²) in [6.45, 7) is 3.79. The molecule has 3 rings (SSSR count). The van der Waals surface area contributed by atoms with Crippen molar-refractivity contribution in [1.82, 2.24) is 15.1 Å². The van der Waals surface area contributed by atoms with Gasteiger partial charge in [-0.15, -0.1) is 0 Å². The summed E-state index contributed by atoms with van der Waals surface area (Å²) in [7, 11) is 0. The Bertz CT molecular complexity index is 506. The summed E-state index contributed by atoms with van der Waals surface area (Å²) in [5.41, 5.74) is 0.783. The van der Waals surface area contributed by atoms with Crippen molar-refractivity contribution in [1.29, 1.82) is 0 Å². The number of halogens is 1. The van der Waals surface area contributed by atoms with Crippen LogP contribution in [-0.2, 0) is 6.54 Å². The third-order valence-corrected chi connectivity index (χ3v) is 4.62. The van der Waals surface area contributed by atoms with Crippen LogP contribution >= 0.6 is 15.9 Å². The molecule has 1 aromatic heterocycles. The lowest BCUT2D eigenvalue weighted by Gasteiger charge is -2.13. The Balaban J connectivity index is 1.67. The molecule has 2 aliphatic rings. The Morgan fingerprint density at radius 3 is 2.95 bits per heavy atom. The molecule has 0 radical (unpaired) electrons. The molecular weight excluding hydrogens is 308 g/mol. The van der Waals surface area contributed by atoms with Crippen LogP contribution in [0.25, 0.3) is 0 Å². The fourth-order valence-corrected chi connectivity index (χ4v) is 2.85. The fraction of sp³-hybridized carbons (Fsp3) is 0.692. The molecule has 1 aliphatic carbocycles. The monoisotopic (exact) mass is 326 g/mol. The highest BCUT2D eigenvalue weighted by atomic mass is 79.9. The largest absolute Gasteiger partial charge is 0.382 e. The summed E-state index contributed by atoms with van der Waals surface area (Å²) in [5, 5.41) is 10.9. The molecule has 0 bridgehead atoms. The number of nitrogens with one attached hydrogen (secondary N) is 2. The molecule has 1 saturated heterocycles. The molecule has 1 unspecified atom stereocenters. The van der Waals surface area contributed by atoms with Gasteiger partial charge in [-0.05, 0) is 60.1 Å². The van der Waals surface area contributed by atoms with Crippen LogP contribution in [-0.4, -0.2) is 29.4 Å². The molecule has 2 N–H and O–H groups in total. The van der Waals surface area contributed by atoms with E-state index in [0.717, 1.165) is 31.9 Å². The molecule has 0 aromatic carbocycles. The summed E-state index contributed by atoms with van der Waals surface area (Å²) in [5.74, 6) is 1.29. The van der Waals surface area contributed by atoms with E-state index in [2.05, 4.69) is 31.7 Å². The quantitative estimate of drug-likeness (QED) is 0.859. The van der Waals surface area contributed by atoms with Crippen LogP contribution in [0.15, 0.2) is 15.5 Å². The van der Waals surface area contributed by atoms with Crippen molar-refractivity contribution < 1.29 is 0 Å². The van der Waals surface area contributed by atoms with Crippen LogP contribution in [0.3, 0.4) is 0 Å². The highest BCUT2D eigenvalue weighted by molar-refractivity contribution is 9.10. The summed E-state index contributed by atoms with van der Waals surface area (Å²) in [6.07, 6.45) is 5.40. The first kappa shape index (κ1) is 13.1. The summed E-state index contributed by atoms with van der Waals surface area (Å²) >= 11 is 3.40. The van der Waals surface area contributed by atoms with Crippen molar-refractivity contribution in [2.75, 3.05) is 25.0 Å². The molecule has 6 heteroatoms. The van der Waals surface area contributed by atoms with Gasteiger partial charge in [0.05, 0.1) is 11.9 Å². The maximum Gasteiger partial charge on any atom is 0.283 e. The number of rotatable bonds is 5. The van der Waals surface area contributed by atoms with Gasteiger partial charge in [0.1, 0.15) is 4.47 Å². The molecule has 1 aliphatic heterocycles. The van der Waals surface area contributed by atoms with E-state index in [1.165, 1.54) is 19.3 Å². The van der Waals surface area contributed by atoms with Crippen molar-refractivity contribution in [2.45, 2.75) is 25.8 Å². The summed E-state index contributed by atoms with van der Waals surface area (Å²) < 4.78 is 2.18. The van der Waals surface area contributed by atoms with E-state index in [0.29, 0.717) is 16.3 Å². The number of hydrogen-bond acceptors (Lipinski definition) is 4. The maximum atomic E-state index is 12.2. The first-order valence-electron chi connectivity index (χ1n) is 6.94. The average Bonchev–Trinajstić information content (AvgIpc) is 3.07. The van der Waals surface area contributed by atoms with Crippen molar-refractivity contribution in [3.63, 3.8) is 0 Å². The van der Waals surface area contributed by atoms with Crippen molar-refractivity contribution in [3.05, 3.63) is 21.0 Å². The van der Waals surface area contributed by atoms with E-state index in [1.54, 1.807) is 10.9 Å². The number of anilines is 1. The van der Waals surface area contributed by atoms with Crippen LogP contribution in [0.1, 0.15) is 19.3 Å². The minimum absolute atomic E-state index is 0.0264. The molecule has 104 valence electrons. The zero-order chi connectivity index (χ0) is 13.2. The van der Waals surface area contributed by atoms with Crippen molar-refractivity contribution >= 4 is 21.6 Å². The first-order chi connectivity index (χ1) is 9.24. The second-order valence-electron chi connectivity index (χ2n) is 5.54. The van der Waals surface area contributed by atoms with Gasteiger partial charge in [0, 0.05) is 13.1 Å². The molecule has 2 heterocycles. The lowest BCUT2D eigenvalue weighted by Crippen LogP contribution is -2.26. The van der Waals surface area contributed by atoms with Gasteiger partial charge < -0.3 is 10.6 Å². The Kier molecular flexibility index (Phi) is 3.88. The summed E-state index contributed by atoms with van der Waals surface area (Å²) in [4.78, 5) is 12.2. The van der Waals surface area contributed by atoms with E-state index >= 15 is 0 Å². The molecule has 0 spiro atoms. The van der Waals surface area contributed by atoms with Gasteiger partial charge in [0.15, 0.2) is 0 Å². The Labute approximate surface area is 120 Å². The van der Waals surface area contributed by atoms with Gasteiger partial charge in [0.2, 0.25) is 0 Å². The van der Waals surface area contributed by atoms with Crippen LogP contribution in [0.5, 0.6) is 0 Å². The standard InChI is InChI=1S/C13H19BrN4O/c14-12-11(16-6-10-3-4-15-5-10)7-17-18(13(12)19)8-9-1-2-9/h7,9-10,15-16H,1-6,8H2. The van der Waals surface area contributed by atoms with E-state index in [1.807, 2.05) is 0 Å². The third kappa shape index (κ3) is 3.17. The second kappa shape index (κ2) is 5.63. The van der Waals surface area contributed by atoms with Crippen molar-refractivity contribution in [2.24, 2.45) is 11.8 Å². The topological polar surface area (TPSA) is 59.0 Å².